The number of esters is 2. The predicted octanol–water partition coefficient (Wildman–Crippen LogP) is 7.37. The van der Waals surface area contributed by atoms with Crippen molar-refractivity contribution in [3.8, 4) is 0 Å². The van der Waals surface area contributed by atoms with E-state index in [1.54, 1.807) is 0 Å². The van der Waals surface area contributed by atoms with Gasteiger partial charge in [-0.2, -0.15) is 26.3 Å². The van der Waals surface area contributed by atoms with E-state index in [-0.39, 0.29) is 25.3 Å². The molecule has 0 saturated carbocycles. The Morgan fingerprint density at radius 3 is 1.75 bits per heavy atom. The molecule has 0 aromatic heterocycles. The molecule has 3 rings (SSSR count). The van der Waals surface area contributed by atoms with Crippen LogP contribution >= 0.6 is 0 Å². The zero-order valence-corrected chi connectivity index (χ0v) is 22.7. The molecule has 2 aromatic rings. The SMILES string of the molecule is COC(=O)C1(C(=O)OC)CCN([C@@H](CCC(C)C)c2ccc(C(F)(F)F)cc2)[C@H](c2ccc(C(F)(F)F)cc2)C1. The summed E-state index contributed by atoms with van der Waals surface area (Å²) in [6.07, 6.45) is -7.98. The molecule has 1 aliphatic rings. The number of ether oxygens (including phenoxy) is 2. The highest BCUT2D eigenvalue weighted by Crippen LogP contribution is 2.48. The minimum Gasteiger partial charge on any atom is -0.468 e. The van der Waals surface area contributed by atoms with Crippen molar-refractivity contribution in [3.63, 3.8) is 0 Å². The van der Waals surface area contributed by atoms with Gasteiger partial charge in [-0.1, -0.05) is 38.1 Å². The first-order valence-corrected chi connectivity index (χ1v) is 12.9. The van der Waals surface area contributed by atoms with E-state index >= 15 is 0 Å². The van der Waals surface area contributed by atoms with E-state index in [9.17, 15) is 35.9 Å². The van der Waals surface area contributed by atoms with Crippen molar-refractivity contribution < 1.29 is 45.4 Å². The van der Waals surface area contributed by atoms with Crippen LogP contribution in [0, 0.1) is 11.3 Å². The molecule has 11 heteroatoms. The van der Waals surface area contributed by atoms with Crippen LogP contribution in [0.1, 0.15) is 73.9 Å². The highest BCUT2D eigenvalue weighted by atomic mass is 19.4. The molecule has 0 amide bonds. The molecule has 0 aliphatic carbocycles. The van der Waals surface area contributed by atoms with Crippen LogP contribution in [0.3, 0.4) is 0 Å². The van der Waals surface area contributed by atoms with E-state index in [1.807, 2.05) is 18.7 Å². The predicted molar refractivity (Wildman–Crippen MR) is 135 cm³/mol. The van der Waals surface area contributed by atoms with E-state index in [0.717, 1.165) is 38.5 Å². The fraction of sp³-hybridized carbons (Fsp3) is 0.517. The Hall–Kier alpha value is -3.08. The second kappa shape index (κ2) is 12.2. The van der Waals surface area contributed by atoms with Gasteiger partial charge >= 0.3 is 24.3 Å². The van der Waals surface area contributed by atoms with Crippen molar-refractivity contribution in [2.75, 3.05) is 20.8 Å². The molecular formula is C29H33F6NO4. The number of hydrogen-bond acceptors (Lipinski definition) is 5. The molecule has 1 aliphatic heterocycles. The second-order valence-electron chi connectivity index (χ2n) is 10.5. The van der Waals surface area contributed by atoms with Crippen molar-refractivity contribution >= 4 is 11.9 Å². The zero-order valence-electron chi connectivity index (χ0n) is 22.7. The number of piperidine rings is 1. The molecular weight excluding hydrogens is 540 g/mol. The summed E-state index contributed by atoms with van der Waals surface area (Å²) in [6, 6.07) is 8.10. The molecule has 2 atom stereocenters. The van der Waals surface area contributed by atoms with Crippen molar-refractivity contribution in [2.24, 2.45) is 11.3 Å². The molecule has 1 heterocycles. The van der Waals surface area contributed by atoms with E-state index < -0.39 is 52.9 Å². The van der Waals surface area contributed by atoms with Crippen molar-refractivity contribution in [1.82, 2.24) is 4.90 Å². The summed E-state index contributed by atoms with van der Waals surface area (Å²) in [4.78, 5) is 27.9. The van der Waals surface area contributed by atoms with Gasteiger partial charge in [-0.25, -0.2) is 0 Å². The first kappa shape index (κ1) is 31.4. The summed E-state index contributed by atoms with van der Waals surface area (Å²) in [6.45, 7) is 4.15. The van der Waals surface area contributed by atoms with Gasteiger partial charge in [-0.15, -0.1) is 0 Å². The van der Waals surface area contributed by atoms with Crippen LogP contribution in [0.5, 0.6) is 0 Å². The lowest BCUT2D eigenvalue weighted by atomic mass is 9.72. The molecule has 0 unspecified atom stereocenters. The molecule has 40 heavy (non-hydrogen) atoms. The Balaban J connectivity index is 2.13. The number of likely N-dealkylation sites (tertiary alicyclic amines) is 1. The normalized spacial score (nSPS) is 18.8. The zero-order chi connectivity index (χ0) is 29.9. The smallest absolute Gasteiger partial charge is 0.416 e. The number of hydrogen-bond donors (Lipinski definition) is 0. The highest BCUT2D eigenvalue weighted by Gasteiger charge is 2.54. The summed E-state index contributed by atoms with van der Waals surface area (Å²) in [5.41, 5.74) is -2.34. The number of methoxy groups -OCH3 is 2. The number of rotatable bonds is 8. The van der Waals surface area contributed by atoms with Gasteiger partial charge in [0.15, 0.2) is 5.41 Å². The van der Waals surface area contributed by atoms with Gasteiger partial charge < -0.3 is 9.47 Å². The molecule has 0 N–H and O–H groups in total. The largest absolute Gasteiger partial charge is 0.468 e. The van der Waals surface area contributed by atoms with Crippen molar-refractivity contribution in [1.29, 1.82) is 0 Å². The average molecular weight is 574 g/mol. The summed E-state index contributed by atoms with van der Waals surface area (Å²) in [7, 11) is 2.28. The standard InChI is InChI=1S/C29H33F6NO4/c1-18(2)5-14-23(19-6-10-21(11-7-19)28(30,31)32)36-16-15-27(25(37)39-3,26(38)40-4)17-24(36)20-8-12-22(13-9-20)29(33,34)35/h6-13,18,23-24H,5,14-17H2,1-4H3/t23-,24-/m0/s1. The third-order valence-corrected chi connectivity index (χ3v) is 7.55. The molecule has 0 bridgehead atoms. The average Bonchev–Trinajstić information content (AvgIpc) is 2.91. The highest BCUT2D eigenvalue weighted by molar-refractivity contribution is 6.00. The second-order valence-corrected chi connectivity index (χ2v) is 10.5. The Bertz CT molecular complexity index is 1140. The fourth-order valence-corrected chi connectivity index (χ4v) is 5.36. The number of nitrogens with zero attached hydrogens (tertiary/aromatic N) is 1. The molecule has 1 fully saturated rings. The molecule has 220 valence electrons. The van der Waals surface area contributed by atoms with Crippen LogP contribution in [-0.2, 0) is 31.4 Å². The number of carbonyl (C=O) groups excluding carboxylic acids is 2. The maximum Gasteiger partial charge on any atom is 0.416 e. The van der Waals surface area contributed by atoms with Crippen LogP contribution < -0.4 is 0 Å². The van der Waals surface area contributed by atoms with Crippen LogP contribution in [0.15, 0.2) is 48.5 Å². The molecule has 5 nitrogen and oxygen atoms in total. The van der Waals surface area contributed by atoms with E-state index in [4.69, 9.17) is 9.47 Å². The van der Waals surface area contributed by atoms with Crippen molar-refractivity contribution in [2.45, 2.75) is 64.0 Å². The van der Waals surface area contributed by atoms with Crippen LogP contribution in [-0.4, -0.2) is 37.6 Å². The minimum absolute atomic E-state index is 0.00228. The first-order chi connectivity index (χ1) is 18.6. The quantitative estimate of drug-likeness (QED) is 0.188. The Kier molecular flexibility index (Phi) is 9.59. The van der Waals surface area contributed by atoms with Gasteiger partial charge in [-0.3, -0.25) is 14.5 Å². The lowest BCUT2D eigenvalue weighted by Crippen LogP contribution is -2.52. The molecule has 0 radical (unpaired) electrons. The van der Waals surface area contributed by atoms with Crippen LogP contribution in [0.4, 0.5) is 26.3 Å². The van der Waals surface area contributed by atoms with E-state index in [1.165, 1.54) is 24.3 Å². The van der Waals surface area contributed by atoms with Gasteiger partial charge in [0.1, 0.15) is 0 Å². The first-order valence-electron chi connectivity index (χ1n) is 12.9. The van der Waals surface area contributed by atoms with Gasteiger partial charge in [0, 0.05) is 18.6 Å². The Labute approximate surface area is 229 Å². The van der Waals surface area contributed by atoms with Gasteiger partial charge in [0.2, 0.25) is 0 Å². The van der Waals surface area contributed by atoms with E-state index in [2.05, 4.69) is 0 Å². The Morgan fingerprint density at radius 1 is 0.850 bits per heavy atom. The van der Waals surface area contributed by atoms with E-state index in [0.29, 0.717) is 24.0 Å². The van der Waals surface area contributed by atoms with Gasteiger partial charge in [0.05, 0.1) is 25.3 Å². The summed E-state index contributed by atoms with van der Waals surface area (Å²) in [5, 5.41) is 0. The van der Waals surface area contributed by atoms with Crippen LogP contribution in [0.2, 0.25) is 0 Å². The number of carbonyl (C=O) groups is 2. The summed E-state index contributed by atoms with van der Waals surface area (Å²) >= 11 is 0. The number of alkyl halides is 6. The third kappa shape index (κ3) is 6.79. The fourth-order valence-electron chi connectivity index (χ4n) is 5.36. The molecule has 2 aromatic carbocycles. The lowest BCUT2D eigenvalue weighted by molar-refractivity contribution is -0.175. The number of benzene rings is 2. The van der Waals surface area contributed by atoms with Gasteiger partial charge in [0.25, 0.3) is 0 Å². The monoisotopic (exact) mass is 573 g/mol. The van der Waals surface area contributed by atoms with Crippen molar-refractivity contribution in [3.05, 3.63) is 70.8 Å². The Morgan fingerprint density at radius 2 is 1.32 bits per heavy atom. The topological polar surface area (TPSA) is 55.8 Å². The van der Waals surface area contributed by atoms with Crippen LogP contribution in [0.25, 0.3) is 0 Å². The minimum atomic E-state index is -4.56. The van der Waals surface area contributed by atoms with Gasteiger partial charge in [-0.05, 0) is 67.0 Å². The maximum absolute atomic E-state index is 13.3. The molecule has 1 saturated heterocycles. The lowest BCUT2D eigenvalue weighted by Gasteiger charge is -2.47. The third-order valence-electron chi connectivity index (χ3n) is 7.55. The number of halogens is 6. The molecule has 0 spiro atoms. The summed E-state index contributed by atoms with van der Waals surface area (Å²) in [5.74, 6) is -1.37. The maximum atomic E-state index is 13.3. The summed E-state index contributed by atoms with van der Waals surface area (Å²) < 4.78 is 89.6.